The van der Waals surface area contributed by atoms with Crippen LogP contribution in [0.15, 0.2) is 0 Å². The molecule has 0 N–H and O–H groups in total. The van der Waals surface area contributed by atoms with E-state index in [2.05, 4.69) is 21.0 Å². The van der Waals surface area contributed by atoms with Gasteiger partial charge in [-0.05, 0) is 12.8 Å². The molecule has 0 rings (SSSR count). The van der Waals surface area contributed by atoms with Crippen LogP contribution in [0.25, 0.3) is 0 Å². The summed E-state index contributed by atoms with van der Waals surface area (Å²) in [6.07, 6.45) is 14.3. The lowest BCUT2D eigenvalue weighted by molar-refractivity contribution is -0.890. The Morgan fingerprint density at radius 1 is 0.810 bits per heavy atom. The van der Waals surface area contributed by atoms with Crippen molar-refractivity contribution in [3.8, 4) is 0 Å². The van der Waals surface area contributed by atoms with Gasteiger partial charge in [0, 0.05) is 0 Å². The molecule has 0 saturated carbocycles. The number of carbonyl (C=O) groups is 1. The van der Waals surface area contributed by atoms with Gasteiger partial charge >= 0.3 is 5.97 Å². The fraction of sp³-hybridized carbons (Fsp3) is 0.944. The number of carbonyl (C=O) groups excluding carboxylic acids is 1. The van der Waals surface area contributed by atoms with Gasteiger partial charge in [0.05, 0.1) is 40.7 Å². The van der Waals surface area contributed by atoms with Gasteiger partial charge in [0.25, 0.3) is 0 Å². The molecule has 0 aromatic carbocycles. The molecule has 0 radical (unpaired) electrons. The van der Waals surface area contributed by atoms with E-state index >= 15 is 0 Å². The summed E-state index contributed by atoms with van der Waals surface area (Å²) in [5.74, 6) is -0.0933. The normalized spacial score (nSPS) is 11.6. The van der Waals surface area contributed by atoms with Crippen LogP contribution < -0.4 is 0 Å². The minimum Gasteiger partial charge on any atom is -0.469 e. The van der Waals surface area contributed by atoms with E-state index in [-0.39, 0.29) is 5.97 Å². The van der Waals surface area contributed by atoms with Crippen molar-refractivity contribution in [1.29, 1.82) is 0 Å². The molecule has 0 atom stereocenters. The summed E-state index contributed by atoms with van der Waals surface area (Å²) in [6.45, 7) is 4.31. The van der Waals surface area contributed by atoms with Crippen molar-refractivity contribution in [2.24, 2.45) is 0 Å². The van der Waals surface area contributed by atoms with Crippen molar-refractivity contribution < 1.29 is 14.0 Å². The van der Waals surface area contributed by atoms with Gasteiger partial charge in [-0.3, -0.25) is 4.79 Å². The van der Waals surface area contributed by atoms with E-state index in [0.717, 1.165) is 17.6 Å². The van der Waals surface area contributed by atoms with Crippen LogP contribution in [0.1, 0.15) is 77.6 Å². The predicted octanol–water partition coefficient (Wildman–Crippen LogP) is 4.55. The number of hydrogen-bond donors (Lipinski definition) is 0. The van der Waals surface area contributed by atoms with E-state index in [9.17, 15) is 4.79 Å². The molecule has 0 aliphatic rings. The van der Waals surface area contributed by atoms with E-state index < -0.39 is 0 Å². The molecule has 0 heterocycles. The Morgan fingerprint density at radius 2 is 1.29 bits per heavy atom. The van der Waals surface area contributed by atoms with E-state index in [4.69, 9.17) is 4.74 Å². The van der Waals surface area contributed by atoms with Crippen molar-refractivity contribution in [3.63, 3.8) is 0 Å². The highest BCUT2D eigenvalue weighted by molar-refractivity contribution is 5.69. The maximum Gasteiger partial charge on any atom is 0.311 e. The van der Waals surface area contributed by atoms with Gasteiger partial charge in [-0.2, -0.15) is 0 Å². The predicted molar refractivity (Wildman–Crippen MR) is 90.3 cm³/mol. The highest BCUT2D eigenvalue weighted by Gasteiger charge is 2.16. The lowest BCUT2D eigenvalue weighted by atomic mass is 10.1. The van der Waals surface area contributed by atoms with Crippen molar-refractivity contribution in [2.75, 3.05) is 34.3 Å². The summed E-state index contributed by atoms with van der Waals surface area (Å²) in [5.41, 5.74) is 0. The van der Waals surface area contributed by atoms with Crippen LogP contribution in [0, 0.1) is 0 Å². The van der Waals surface area contributed by atoms with Crippen molar-refractivity contribution in [3.05, 3.63) is 0 Å². The molecule has 0 spiro atoms. The third-order valence-electron chi connectivity index (χ3n) is 4.27. The number of methoxy groups -OCH3 is 1. The zero-order chi connectivity index (χ0) is 16.0. The zero-order valence-corrected chi connectivity index (χ0v) is 15.0. The smallest absolute Gasteiger partial charge is 0.311 e. The van der Waals surface area contributed by atoms with Crippen LogP contribution in [0.4, 0.5) is 0 Å². The van der Waals surface area contributed by atoms with Crippen LogP contribution in [0.5, 0.6) is 0 Å². The molecular formula is C18H38NO2+. The Labute approximate surface area is 132 Å². The highest BCUT2D eigenvalue weighted by Crippen LogP contribution is 2.12. The topological polar surface area (TPSA) is 26.3 Å². The molecule has 0 unspecified atom stereocenters. The summed E-state index contributed by atoms with van der Waals surface area (Å²) < 4.78 is 5.62. The maximum atomic E-state index is 11.2. The second-order valence-corrected chi connectivity index (χ2v) is 6.89. The summed E-state index contributed by atoms with van der Waals surface area (Å²) >= 11 is 0. The van der Waals surface area contributed by atoms with Crippen LogP contribution >= 0.6 is 0 Å². The number of hydrogen-bond acceptors (Lipinski definition) is 2. The van der Waals surface area contributed by atoms with Gasteiger partial charge in [0.2, 0.25) is 0 Å². The molecule has 0 aromatic rings. The first-order chi connectivity index (χ1) is 10.0. The molecule has 0 amide bonds. The summed E-state index contributed by atoms with van der Waals surface area (Å²) in [5, 5.41) is 0. The lowest BCUT2D eigenvalue weighted by Gasteiger charge is -2.29. The van der Waals surface area contributed by atoms with E-state index in [1.165, 1.54) is 71.3 Å². The molecule has 21 heavy (non-hydrogen) atoms. The minimum atomic E-state index is -0.0933. The summed E-state index contributed by atoms with van der Waals surface area (Å²) in [7, 11) is 5.87. The standard InChI is InChI=1S/C18H38NO2/c1-5-6-7-8-9-10-11-12-13-14-16-19(2,3)17-15-18(20)21-4/h5-17H2,1-4H3/q+1. The third kappa shape index (κ3) is 14.1. The number of unbranched alkanes of at least 4 members (excludes halogenated alkanes) is 9. The monoisotopic (exact) mass is 300 g/mol. The van der Waals surface area contributed by atoms with Crippen LogP contribution in [-0.4, -0.2) is 44.7 Å². The molecule has 0 saturated heterocycles. The number of quaternary nitrogens is 1. The highest BCUT2D eigenvalue weighted by atomic mass is 16.5. The summed E-state index contributed by atoms with van der Waals surface area (Å²) in [6, 6.07) is 0. The Kier molecular flexibility index (Phi) is 12.8. The fourth-order valence-electron chi connectivity index (χ4n) is 2.64. The van der Waals surface area contributed by atoms with Crippen LogP contribution in [-0.2, 0) is 9.53 Å². The van der Waals surface area contributed by atoms with Gasteiger partial charge in [-0.1, -0.05) is 58.3 Å². The van der Waals surface area contributed by atoms with Crippen LogP contribution in [0.2, 0.25) is 0 Å². The lowest BCUT2D eigenvalue weighted by Crippen LogP contribution is -2.42. The first kappa shape index (κ1) is 20.4. The molecule has 0 bridgehead atoms. The number of rotatable bonds is 14. The Bertz CT molecular complexity index is 252. The second kappa shape index (κ2) is 13.1. The Hall–Kier alpha value is -0.570. The second-order valence-electron chi connectivity index (χ2n) is 6.89. The average Bonchev–Trinajstić information content (AvgIpc) is 2.46. The maximum absolute atomic E-state index is 11.2. The number of nitrogens with zero attached hydrogens (tertiary/aromatic N) is 1. The van der Waals surface area contributed by atoms with Gasteiger partial charge < -0.3 is 9.22 Å². The zero-order valence-electron chi connectivity index (χ0n) is 15.0. The Balaban J connectivity index is 3.38. The van der Waals surface area contributed by atoms with Gasteiger partial charge in [-0.25, -0.2) is 0 Å². The van der Waals surface area contributed by atoms with Crippen molar-refractivity contribution in [2.45, 2.75) is 77.6 Å². The molecule has 0 fully saturated rings. The van der Waals surface area contributed by atoms with Crippen molar-refractivity contribution >= 4 is 5.97 Å². The van der Waals surface area contributed by atoms with Crippen LogP contribution in [0.3, 0.4) is 0 Å². The molecule has 0 aromatic heterocycles. The largest absolute Gasteiger partial charge is 0.469 e. The molecule has 3 heteroatoms. The molecule has 126 valence electrons. The van der Waals surface area contributed by atoms with E-state index in [1.807, 2.05) is 0 Å². The Morgan fingerprint density at radius 3 is 1.76 bits per heavy atom. The molecule has 0 aliphatic carbocycles. The van der Waals surface area contributed by atoms with Crippen molar-refractivity contribution in [1.82, 2.24) is 0 Å². The van der Waals surface area contributed by atoms with E-state index in [0.29, 0.717) is 6.42 Å². The number of ether oxygens (including phenoxy) is 1. The third-order valence-corrected chi connectivity index (χ3v) is 4.27. The minimum absolute atomic E-state index is 0.0933. The molecule has 3 nitrogen and oxygen atoms in total. The van der Waals surface area contributed by atoms with E-state index in [1.54, 1.807) is 0 Å². The fourth-order valence-corrected chi connectivity index (χ4v) is 2.64. The van der Waals surface area contributed by atoms with Gasteiger partial charge in [0.1, 0.15) is 0 Å². The quantitative estimate of drug-likeness (QED) is 0.267. The van der Waals surface area contributed by atoms with Gasteiger partial charge in [-0.15, -0.1) is 0 Å². The van der Waals surface area contributed by atoms with Gasteiger partial charge in [0.15, 0.2) is 0 Å². The first-order valence-electron chi connectivity index (χ1n) is 8.90. The average molecular weight is 301 g/mol. The number of esters is 1. The first-order valence-corrected chi connectivity index (χ1v) is 8.90. The molecular weight excluding hydrogens is 262 g/mol. The summed E-state index contributed by atoms with van der Waals surface area (Å²) in [4.78, 5) is 11.2. The SMILES string of the molecule is CCCCCCCCCCCC[N+](C)(C)CCC(=O)OC. The molecule has 0 aliphatic heterocycles.